The van der Waals surface area contributed by atoms with Crippen LogP contribution in [0.1, 0.15) is 26.2 Å². The zero-order chi connectivity index (χ0) is 12.3. The molecule has 0 saturated heterocycles. The van der Waals surface area contributed by atoms with E-state index in [4.69, 9.17) is 17.3 Å². The van der Waals surface area contributed by atoms with Gasteiger partial charge in [0.2, 0.25) is 0 Å². The van der Waals surface area contributed by atoms with Crippen molar-refractivity contribution in [2.45, 2.75) is 32.2 Å². The second kappa shape index (κ2) is 5.41. The predicted octanol–water partition coefficient (Wildman–Crippen LogP) is 3.03. The Morgan fingerprint density at radius 2 is 2.24 bits per heavy atom. The molecule has 0 aliphatic carbocycles. The number of rotatable bonds is 4. The third-order valence-electron chi connectivity index (χ3n) is 3.08. The molecule has 0 radical (unpaired) electrons. The van der Waals surface area contributed by atoms with Crippen molar-refractivity contribution in [1.82, 2.24) is 0 Å². The lowest BCUT2D eigenvalue weighted by molar-refractivity contribution is 0.600. The molecule has 1 heterocycles. The Kier molecular flexibility index (Phi) is 3.89. The van der Waals surface area contributed by atoms with Crippen LogP contribution in [0.5, 0.6) is 0 Å². The lowest BCUT2D eigenvalue weighted by Crippen LogP contribution is -2.41. The summed E-state index contributed by atoms with van der Waals surface area (Å²) in [7, 11) is 0. The summed E-state index contributed by atoms with van der Waals surface area (Å²) >= 11 is 6.22. The molecule has 17 heavy (non-hydrogen) atoms. The molecule has 3 nitrogen and oxygen atoms in total. The summed E-state index contributed by atoms with van der Waals surface area (Å²) in [5.74, 6) is 0.583. The average Bonchev–Trinajstić information content (AvgIpc) is 2.69. The van der Waals surface area contributed by atoms with Crippen molar-refractivity contribution in [3.8, 4) is 0 Å². The minimum absolute atomic E-state index is 0.356. The zero-order valence-electron chi connectivity index (χ0n) is 10.1. The largest absolute Gasteiger partial charge is 0.370 e. The molecule has 0 aromatic heterocycles. The fourth-order valence-corrected chi connectivity index (χ4v) is 2.40. The van der Waals surface area contributed by atoms with Crippen molar-refractivity contribution in [3.63, 3.8) is 0 Å². The van der Waals surface area contributed by atoms with Gasteiger partial charge in [0, 0.05) is 0 Å². The molecule has 1 aliphatic rings. The van der Waals surface area contributed by atoms with E-state index in [1.165, 1.54) is 12.8 Å². The Bertz CT molecular complexity index is 417. The topological polar surface area (TPSA) is 41.6 Å². The fraction of sp³-hybridized carbons (Fsp3) is 0.462. The highest BCUT2D eigenvalue weighted by Crippen LogP contribution is 2.30. The molecule has 2 rings (SSSR count). The van der Waals surface area contributed by atoms with Crippen LogP contribution in [-0.2, 0) is 0 Å². The van der Waals surface area contributed by atoms with Crippen molar-refractivity contribution in [2.24, 2.45) is 10.7 Å². The van der Waals surface area contributed by atoms with Crippen molar-refractivity contribution in [2.75, 3.05) is 11.4 Å². The van der Waals surface area contributed by atoms with Crippen molar-refractivity contribution < 1.29 is 0 Å². The van der Waals surface area contributed by atoms with Gasteiger partial charge in [-0.15, -0.1) is 0 Å². The number of aliphatic imine (C=N–C) groups is 1. The van der Waals surface area contributed by atoms with Crippen LogP contribution in [0.25, 0.3) is 0 Å². The number of hydrogen-bond acceptors (Lipinski definition) is 3. The third-order valence-corrected chi connectivity index (χ3v) is 3.40. The summed E-state index contributed by atoms with van der Waals surface area (Å²) in [6.45, 7) is 2.97. The van der Waals surface area contributed by atoms with Crippen molar-refractivity contribution >= 4 is 23.2 Å². The van der Waals surface area contributed by atoms with E-state index in [9.17, 15) is 0 Å². The summed E-state index contributed by atoms with van der Waals surface area (Å²) in [4.78, 5) is 6.40. The quantitative estimate of drug-likeness (QED) is 0.894. The van der Waals surface area contributed by atoms with Gasteiger partial charge in [-0.2, -0.15) is 0 Å². The summed E-state index contributed by atoms with van der Waals surface area (Å²) in [5.41, 5.74) is 6.93. The first-order chi connectivity index (χ1) is 8.24. The molecule has 0 amide bonds. The Labute approximate surface area is 107 Å². The summed E-state index contributed by atoms with van der Waals surface area (Å²) in [5, 5.41) is 0.731. The smallest absolute Gasteiger partial charge is 0.196 e. The molecule has 1 atom stereocenters. The minimum Gasteiger partial charge on any atom is -0.370 e. The van der Waals surface area contributed by atoms with Gasteiger partial charge in [0.25, 0.3) is 0 Å². The van der Waals surface area contributed by atoms with Gasteiger partial charge in [-0.25, -0.2) is 0 Å². The summed E-state index contributed by atoms with van der Waals surface area (Å²) < 4.78 is 0. The number of para-hydroxylation sites is 1. The van der Waals surface area contributed by atoms with Crippen LogP contribution >= 0.6 is 11.6 Å². The van der Waals surface area contributed by atoms with Gasteiger partial charge in [0.15, 0.2) is 5.96 Å². The number of unbranched alkanes of at least 4 members (excludes halogenated alkanes) is 1. The van der Waals surface area contributed by atoms with E-state index in [2.05, 4.69) is 16.8 Å². The lowest BCUT2D eigenvalue weighted by Gasteiger charge is -2.27. The van der Waals surface area contributed by atoms with Gasteiger partial charge in [0.05, 0.1) is 23.3 Å². The summed E-state index contributed by atoms with van der Waals surface area (Å²) in [6.07, 6.45) is 3.48. The van der Waals surface area contributed by atoms with E-state index >= 15 is 0 Å². The second-order valence-electron chi connectivity index (χ2n) is 4.32. The van der Waals surface area contributed by atoms with Crippen LogP contribution in [-0.4, -0.2) is 18.5 Å². The zero-order valence-corrected chi connectivity index (χ0v) is 10.8. The first-order valence-corrected chi connectivity index (χ1v) is 6.45. The first-order valence-electron chi connectivity index (χ1n) is 6.07. The van der Waals surface area contributed by atoms with Crippen molar-refractivity contribution in [1.29, 1.82) is 0 Å². The fourth-order valence-electron chi connectivity index (χ4n) is 2.17. The molecular weight excluding hydrogens is 234 g/mol. The van der Waals surface area contributed by atoms with E-state index in [1.54, 1.807) is 0 Å². The van der Waals surface area contributed by atoms with E-state index in [1.807, 2.05) is 24.3 Å². The Morgan fingerprint density at radius 1 is 1.47 bits per heavy atom. The van der Waals surface area contributed by atoms with Gasteiger partial charge in [-0.05, 0) is 18.6 Å². The first kappa shape index (κ1) is 12.2. The lowest BCUT2D eigenvalue weighted by atomic mass is 10.1. The van der Waals surface area contributed by atoms with Crippen LogP contribution in [0.15, 0.2) is 29.3 Å². The molecule has 0 fully saturated rings. The highest BCUT2D eigenvalue weighted by molar-refractivity contribution is 6.33. The normalized spacial score (nSPS) is 19.5. The molecule has 2 N–H and O–H groups in total. The van der Waals surface area contributed by atoms with Gasteiger partial charge < -0.3 is 10.6 Å². The van der Waals surface area contributed by atoms with Crippen LogP contribution in [0.4, 0.5) is 5.69 Å². The predicted molar refractivity (Wildman–Crippen MR) is 73.7 cm³/mol. The van der Waals surface area contributed by atoms with E-state index in [0.717, 1.165) is 23.7 Å². The van der Waals surface area contributed by atoms with E-state index in [-0.39, 0.29) is 0 Å². The van der Waals surface area contributed by atoms with Gasteiger partial charge >= 0.3 is 0 Å². The third kappa shape index (κ3) is 2.55. The molecule has 1 unspecified atom stereocenters. The highest BCUT2D eigenvalue weighted by Gasteiger charge is 2.27. The van der Waals surface area contributed by atoms with E-state index in [0.29, 0.717) is 12.0 Å². The molecular formula is C13H18ClN3. The van der Waals surface area contributed by atoms with Gasteiger partial charge in [0.1, 0.15) is 0 Å². The SMILES string of the molecule is CCCCC1CN=C(N)N1c1ccccc1Cl. The molecule has 1 aliphatic heterocycles. The summed E-state index contributed by atoms with van der Waals surface area (Å²) in [6, 6.07) is 8.14. The number of anilines is 1. The Balaban J connectivity index is 2.22. The van der Waals surface area contributed by atoms with Crippen LogP contribution in [0, 0.1) is 0 Å². The Morgan fingerprint density at radius 3 is 2.94 bits per heavy atom. The molecule has 92 valence electrons. The number of hydrogen-bond donors (Lipinski definition) is 1. The van der Waals surface area contributed by atoms with E-state index < -0.39 is 0 Å². The molecule has 0 saturated carbocycles. The van der Waals surface area contributed by atoms with Crippen LogP contribution in [0.3, 0.4) is 0 Å². The van der Waals surface area contributed by atoms with Gasteiger partial charge in [-0.3, -0.25) is 4.99 Å². The Hall–Kier alpha value is -1.22. The maximum absolute atomic E-state index is 6.22. The second-order valence-corrected chi connectivity index (χ2v) is 4.72. The number of nitrogens with two attached hydrogens (primary N) is 1. The maximum atomic E-state index is 6.22. The van der Waals surface area contributed by atoms with Crippen molar-refractivity contribution in [3.05, 3.63) is 29.3 Å². The standard InChI is InChI=1S/C13H18ClN3/c1-2-3-6-10-9-16-13(15)17(10)12-8-5-4-7-11(12)14/h4-5,7-8,10H,2-3,6,9H2,1H3,(H2,15,16). The molecule has 1 aromatic carbocycles. The monoisotopic (exact) mass is 251 g/mol. The molecule has 0 bridgehead atoms. The minimum atomic E-state index is 0.356. The molecule has 0 spiro atoms. The van der Waals surface area contributed by atoms with Crippen LogP contribution in [0.2, 0.25) is 5.02 Å². The highest BCUT2D eigenvalue weighted by atomic mass is 35.5. The molecule has 1 aromatic rings. The number of nitrogens with zero attached hydrogens (tertiary/aromatic N) is 2. The average molecular weight is 252 g/mol. The number of guanidine groups is 1. The number of halogens is 1. The van der Waals surface area contributed by atoms with Gasteiger partial charge in [-0.1, -0.05) is 43.5 Å². The molecule has 4 heteroatoms. The maximum Gasteiger partial charge on any atom is 0.196 e. The number of benzene rings is 1. The van der Waals surface area contributed by atoms with Crippen LogP contribution < -0.4 is 10.6 Å².